The Bertz CT molecular complexity index is 615. The van der Waals surface area contributed by atoms with Crippen molar-refractivity contribution in [3.8, 4) is 0 Å². The van der Waals surface area contributed by atoms with Gasteiger partial charge in [-0.25, -0.2) is 0 Å². The van der Waals surface area contributed by atoms with E-state index in [0.29, 0.717) is 11.8 Å². The Hall–Kier alpha value is -1.34. The molecule has 1 aliphatic heterocycles. The van der Waals surface area contributed by atoms with Crippen LogP contribution in [0.25, 0.3) is 0 Å². The van der Waals surface area contributed by atoms with Gasteiger partial charge in [0.25, 0.3) is 0 Å². The van der Waals surface area contributed by atoms with Crippen LogP contribution in [-0.4, -0.2) is 33.0 Å². The van der Waals surface area contributed by atoms with Crippen molar-refractivity contribution in [1.82, 2.24) is 25.2 Å². The molecule has 2 aromatic rings. The highest BCUT2D eigenvalue weighted by Crippen LogP contribution is 2.27. The van der Waals surface area contributed by atoms with Crippen molar-refractivity contribution in [1.29, 1.82) is 0 Å². The molecule has 0 saturated carbocycles. The van der Waals surface area contributed by atoms with E-state index in [4.69, 9.17) is 4.52 Å². The van der Waals surface area contributed by atoms with Gasteiger partial charge in [-0.05, 0) is 25.3 Å². The van der Waals surface area contributed by atoms with E-state index in [-0.39, 0.29) is 0 Å². The number of thioether (sulfide) groups is 1. The molecule has 0 unspecified atom stereocenters. The molecule has 1 N–H and O–H groups in total. The Morgan fingerprint density at radius 2 is 2.32 bits per heavy atom. The second-order valence-corrected chi connectivity index (χ2v) is 7.05. The zero-order valence-corrected chi connectivity index (χ0v) is 14.2. The molecule has 7 heteroatoms. The second-order valence-electron chi connectivity index (χ2n) is 6.10. The quantitative estimate of drug-likeness (QED) is 0.854. The van der Waals surface area contributed by atoms with Crippen LogP contribution in [0, 0.1) is 0 Å². The van der Waals surface area contributed by atoms with Gasteiger partial charge >= 0.3 is 0 Å². The van der Waals surface area contributed by atoms with Crippen LogP contribution in [0.15, 0.2) is 15.7 Å². The Balaban J connectivity index is 1.64. The molecule has 2 aromatic heterocycles. The van der Waals surface area contributed by atoms with Crippen molar-refractivity contribution >= 4 is 11.8 Å². The maximum atomic E-state index is 5.37. The summed E-state index contributed by atoms with van der Waals surface area (Å²) in [6.45, 7) is 6.33. The summed E-state index contributed by atoms with van der Waals surface area (Å²) in [6, 6.07) is 2.03. The number of nitrogens with one attached hydrogen (secondary N) is 1. The van der Waals surface area contributed by atoms with Gasteiger partial charge in [-0.1, -0.05) is 30.8 Å². The predicted molar refractivity (Wildman–Crippen MR) is 86.0 cm³/mol. The monoisotopic (exact) mass is 321 g/mol. The van der Waals surface area contributed by atoms with Crippen LogP contribution in [-0.2, 0) is 12.8 Å². The van der Waals surface area contributed by atoms with Crippen LogP contribution in [0.4, 0.5) is 0 Å². The third-order valence-corrected chi connectivity index (χ3v) is 5.09. The highest BCUT2D eigenvalue weighted by atomic mass is 32.2. The van der Waals surface area contributed by atoms with Crippen LogP contribution in [0.5, 0.6) is 0 Å². The molecule has 0 bridgehead atoms. The van der Waals surface area contributed by atoms with Crippen LogP contribution < -0.4 is 5.32 Å². The van der Waals surface area contributed by atoms with Crippen molar-refractivity contribution in [3.05, 3.63) is 23.3 Å². The van der Waals surface area contributed by atoms with Gasteiger partial charge in [0, 0.05) is 25.6 Å². The van der Waals surface area contributed by atoms with Gasteiger partial charge in [-0.2, -0.15) is 0 Å². The number of hydrogen-bond acceptors (Lipinski definition) is 6. The molecule has 0 aromatic carbocycles. The van der Waals surface area contributed by atoms with Crippen LogP contribution in [0.1, 0.15) is 55.8 Å². The molecule has 0 spiro atoms. The summed E-state index contributed by atoms with van der Waals surface area (Å²) in [6.07, 6.45) is 2.39. The Morgan fingerprint density at radius 1 is 1.45 bits per heavy atom. The highest BCUT2D eigenvalue weighted by Gasteiger charge is 2.22. The fourth-order valence-corrected chi connectivity index (χ4v) is 3.48. The molecule has 3 rings (SSSR count). The maximum Gasteiger partial charge on any atom is 0.191 e. The molecule has 3 heterocycles. The first kappa shape index (κ1) is 15.6. The van der Waals surface area contributed by atoms with Gasteiger partial charge in [-0.3, -0.25) is 0 Å². The Morgan fingerprint density at radius 3 is 3.00 bits per heavy atom. The smallest absolute Gasteiger partial charge is 0.191 e. The van der Waals surface area contributed by atoms with Gasteiger partial charge < -0.3 is 14.4 Å². The third-order valence-electron chi connectivity index (χ3n) is 4.04. The zero-order valence-electron chi connectivity index (χ0n) is 13.4. The minimum atomic E-state index is 0.391. The van der Waals surface area contributed by atoms with E-state index in [1.165, 1.54) is 12.8 Å². The van der Waals surface area contributed by atoms with Crippen molar-refractivity contribution in [2.45, 2.75) is 49.4 Å². The lowest BCUT2D eigenvalue weighted by Crippen LogP contribution is -2.29. The minimum absolute atomic E-state index is 0.391. The standard InChI is InChI=1S/C15H23N5OS/c1-10(2)13-7-12(21-19-13)9-22-15-18-17-14(20(15)3)11-5-4-6-16-8-11/h7,10-11,16H,4-6,8-9H2,1-3H3/t11-/m1/s1. The lowest BCUT2D eigenvalue weighted by Gasteiger charge is -2.21. The summed E-state index contributed by atoms with van der Waals surface area (Å²) in [7, 11) is 2.05. The summed E-state index contributed by atoms with van der Waals surface area (Å²) >= 11 is 1.65. The van der Waals surface area contributed by atoms with E-state index in [2.05, 4.69) is 39.1 Å². The first-order chi connectivity index (χ1) is 10.6. The predicted octanol–water partition coefficient (Wildman–Crippen LogP) is 2.69. The number of piperidine rings is 1. The molecule has 0 aliphatic carbocycles. The molecule has 1 fully saturated rings. The second kappa shape index (κ2) is 6.83. The van der Waals surface area contributed by atoms with E-state index in [9.17, 15) is 0 Å². The number of hydrogen-bond donors (Lipinski definition) is 1. The molecule has 120 valence electrons. The van der Waals surface area contributed by atoms with Crippen LogP contribution in [0.3, 0.4) is 0 Å². The number of rotatable bonds is 5. The molecule has 0 amide bonds. The minimum Gasteiger partial charge on any atom is -0.360 e. The van der Waals surface area contributed by atoms with E-state index in [0.717, 1.165) is 41.3 Å². The molecule has 0 radical (unpaired) electrons. The van der Waals surface area contributed by atoms with Crippen molar-refractivity contribution in [2.24, 2.45) is 7.05 Å². The van der Waals surface area contributed by atoms with E-state index >= 15 is 0 Å². The summed E-state index contributed by atoms with van der Waals surface area (Å²) in [5.41, 5.74) is 1.00. The molecule has 6 nitrogen and oxygen atoms in total. The lowest BCUT2D eigenvalue weighted by molar-refractivity contribution is 0.385. The molecule has 22 heavy (non-hydrogen) atoms. The zero-order chi connectivity index (χ0) is 15.5. The van der Waals surface area contributed by atoms with Crippen molar-refractivity contribution in [3.63, 3.8) is 0 Å². The molecular weight excluding hydrogens is 298 g/mol. The number of aromatic nitrogens is 4. The highest BCUT2D eigenvalue weighted by molar-refractivity contribution is 7.98. The SMILES string of the molecule is CC(C)c1cc(CSc2nnc([C@@H]3CCCNC3)n2C)on1. The fourth-order valence-electron chi connectivity index (χ4n) is 2.68. The molecular formula is C15H23N5OS. The largest absolute Gasteiger partial charge is 0.360 e. The fraction of sp³-hybridized carbons (Fsp3) is 0.667. The third kappa shape index (κ3) is 3.35. The summed E-state index contributed by atoms with van der Waals surface area (Å²) < 4.78 is 7.49. The summed E-state index contributed by atoms with van der Waals surface area (Å²) in [5.74, 6) is 3.56. The molecule has 1 saturated heterocycles. The van der Waals surface area contributed by atoms with Gasteiger partial charge in [0.1, 0.15) is 11.6 Å². The van der Waals surface area contributed by atoms with Gasteiger partial charge in [0.05, 0.1) is 11.4 Å². The lowest BCUT2D eigenvalue weighted by atomic mass is 9.99. The summed E-state index contributed by atoms with van der Waals surface area (Å²) in [5, 5.41) is 17.2. The first-order valence-electron chi connectivity index (χ1n) is 7.83. The first-order valence-corrected chi connectivity index (χ1v) is 8.82. The normalized spacial score (nSPS) is 19.0. The topological polar surface area (TPSA) is 68.8 Å². The van der Waals surface area contributed by atoms with E-state index in [1.54, 1.807) is 11.8 Å². The van der Waals surface area contributed by atoms with Crippen LogP contribution in [0.2, 0.25) is 0 Å². The Kier molecular flexibility index (Phi) is 4.83. The Labute approximate surface area is 135 Å². The molecule has 1 aliphatic rings. The van der Waals surface area contributed by atoms with E-state index < -0.39 is 0 Å². The van der Waals surface area contributed by atoms with E-state index in [1.807, 2.05) is 13.1 Å². The summed E-state index contributed by atoms with van der Waals surface area (Å²) in [4.78, 5) is 0. The van der Waals surface area contributed by atoms with Gasteiger partial charge in [0.2, 0.25) is 0 Å². The van der Waals surface area contributed by atoms with Crippen molar-refractivity contribution in [2.75, 3.05) is 13.1 Å². The average Bonchev–Trinajstić information content (AvgIpc) is 3.13. The molecule has 1 atom stereocenters. The maximum absolute atomic E-state index is 5.37. The van der Waals surface area contributed by atoms with Gasteiger partial charge in [0.15, 0.2) is 5.16 Å². The van der Waals surface area contributed by atoms with Crippen molar-refractivity contribution < 1.29 is 4.52 Å². The van der Waals surface area contributed by atoms with Crippen LogP contribution >= 0.6 is 11.8 Å². The van der Waals surface area contributed by atoms with Gasteiger partial charge in [-0.15, -0.1) is 10.2 Å². The average molecular weight is 321 g/mol. The number of nitrogens with zero attached hydrogens (tertiary/aromatic N) is 4.